The van der Waals surface area contributed by atoms with Gasteiger partial charge in [0.1, 0.15) is 5.82 Å². The van der Waals surface area contributed by atoms with Gasteiger partial charge < -0.3 is 10.4 Å². The first-order valence-electron chi connectivity index (χ1n) is 6.26. The van der Waals surface area contributed by atoms with Crippen LogP contribution in [-0.4, -0.2) is 22.6 Å². The van der Waals surface area contributed by atoms with E-state index in [1.165, 1.54) is 17.8 Å². The lowest BCUT2D eigenvalue weighted by Gasteiger charge is -2.14. The summed E-state index contributed by atoms with van der Waals surface area (Å²) in [5.41, 5.74) is 1.25. The number of halogens is 1. The number of nitrogens with one attached hydrogen (secondary N) is 1. The highest BCUT2D eigenvalue weighted by Gasteiger charge is 2.14. The molecule has 2 N–H and O–H groups in total. The van der Waals surface area contributed by atoms with Crippen molar-refractivity contribution in [3.05, 3.63) is 58.7 Å². The molecule has 104 valence electrons. The lowest BCUT2D eigenvalue weighted by Crippen LogP contribution is -2.12. The number of hydrogen-bond acceptors (Lipinski definition) is 3. The van der Waals surface area contributed by atoms with Gasteiger partial charge in [0.15, 0.2) is 0 Å². The molecule has 4 nitrogen and oxygen atoms in total. The van der Waals surface area contributed by atoms with E-state index in [9.17, 15) is 4.79 Å². The number of anilines is 1. The van der Waals surface area contributed by atoms with Crippen molar-refractivity contribution >= 4 is 23.4 Å². The third kappa shape index (κ3) is 3.27. The maximum atomic E-state index is 11.0. The molecule has 0 aliphatic heterocycles. The molecule has 5 heteroatoms. The summed E-state index contributed by atoms with van der Waals surface area (Å²) < 4.78 is 0. The predicted octanol–water partition coefficient (Wildman–Crippen LogP) is 3.65. The summed E-state index contributed by atoms with van der Waals surface area (Å²) in [6.45, 7) is 2.71. The number of pyridine rings is 1. The van der Waals surface area contributed by atoms with Crippen LogP contribution in [0.1, 0.15) is 28.8 Å². The molecule has 0 radical (unpaired) electrons. The summed E-state index contributed by atoms with van der Waals surface area (Å²) in [6, 6.07) is 11.4. The largest absolute Gasteiger partial charge is 0.478 e. The van der Waals surface area contributed by atoms with E-state index < -0.39 is 5.97 Å². The molecule has 0 spiro atoms. The second-order valence-electron chi connectivity index (χ2n) is 4.52. The van der Waals surface area contributed by atoms with Gasteiger partial charge in [0.2, 0.25) is 0 Å². The van der Waals surface area contributed by atoms with Crippen molar-refractivity contribution in [3.8, 4) is 0 Å². The van der Waals surface area contributed by atoms with Gasteiger partial charge in [0, 0.05) is 12.7 Å². The molecule has 0 saturated heterocycles. The maximum absolute atomic E-state index is 11.0. The standard InChI is InChI=1S/C15H15ClN2O2/c1-10(11-5-3-2-4-6-11)9-18-14-13(16)12(15(19)20)7-8-17-14/h2-8,10H,9H2,1H3,(H,17,18)(H,19,20). The van der Waals surface area contributed by atoms with E-state index in [4.69, 9.17) is 16.7 Å². The van der Waals surface area contributed by atoms with Crippen LogP contribution in [0.5, 0.6) is 0 Å². The lowest BCUT2D eigenvalue weighted by atomic mass is 10.0. The second kappa shape index (κ2) is 6.39. The average molecular weight is 291 g/mol. The Bertz CT molecular complexity index is 602. The molecule has 0 amide bonds. The van der Waals surface area contributed by atoms with Crippen LogP contribution in [0.25, 0.3) is 0 Å². The Morgan fingerprint density at radius 1 is 1.35 bits per heavy atom. The fraction of sp³-hybridized carbons (Fsp3) is 0.200. The van der Waals surface area contributed by atoms with E-state index in [1.54, 1.807) is 0 Å². The fourth-order valence-electron chi connectivity index (χ4n) is 1.88. The molecule has 0 aliphatic carbocycles. The zero-order valence-corrected chi connectivity index (χ0v) is 11.8. The molecule has 20 heavy (non-hydrogen) atoms. The lowest BCUT2D eigenvalue weighted by molar-refractivity contribution is 0.0697. The predicted molar refractivity (Wildman–Crippen MR) is 79.6 cm³/mol. The van der Waals surface area contributed by atoms with Crippen LogP contribution < -0.4 is 5.32 Å². The van der Waals surface area contributed by atoms with Crippen molar-refractivity contribution in [2.75, 3.05) is 11.9 Å². The van der Waals surface area contributed by atoms with Gasteiger partial charge in [-0.3, -0.25) is 0 Å². The van der Waals surface area contributed by atoms with E-state index in [-0.39, 0.29) is 16.5 Å². The minimum atomic E-state index is -1.06. The molecule has 1 aromatic heterocycles. The first-order valence-corrected chi connectivity index (χ1v) is 6.64. The van der Waals surface area contributed by atoms with Gasteiger partial charge in [-0.2, -0.15) is 0 Å². The molecule has 2 rings (SSSR count). The summed E-state index contributed by atoms with van der Waals surface area (Å²) in [5, 5.41) is 12.2. The van der Waals surface area contributed by atoms with Crippen LogP contribution in [0, 0.1) is 0 Å². The maximum Gasteiger partial charge on any atom is 0.337 e. The van der Waals surface area contributed by atoms with E-state index in [1.807, 2.05) is 18.2 Å². The van der Waals surface area contributed by atoms with Crippen LogP contribution in [0.4, 0.5) is 5.82 Å². The Morgan fingerprint density at radius 2 is 2.05 bits per heavy atom. The van der Waals surface area contributed by atoms with Crippen molar-refractivity contribution < 1.29 is 9.90 Å². The number of rotatable bonds is 5. The number of aromatic carboxylic acids is 1. The Labute approximate surface area is 122 Å². The van der Waals surface area contributed by atoms with Gasteiger partial charge in [-0.25, -0.2) is 9.78 Å². The van der Waals surface area contributed by atoms with Crippen LogP contribution in [-0.2, 0) is 0 Å². The smallest absolute Gasteiger partial charge is 0.337 e. The highest BCUT2D eigenvalue weighted by atomic mass is 35.5. The van der Waals surface area contributed by atoms with Crippen LogP contribution in [0.3, 0.4) is 0 Å². The number of aromatic nitrogens is 1. The third-order valence-corrected chi connectivity index (χ3v) is 3.45. The Morgan fingerprint density at radius 3 is 2.70 bits per heavy atom. The average Bonchev–Trinajstić information content (AvgIpc) is 2.46. The van der Waals surface area contributed by atoms with E-state index in [0.29, 0.717) is 12.4 Å². The van der Waals surface area contributed by atoms with E-state index >= 15 is 0 Å². The number of carboxylic acids is 1. The second-order valence-corrected chi connectivity index (χ2v) is 4.90. The Balaban J connectivity index is 2.08. The van der Waals surface area contributed by atoms with Crippen LogP contribution >= 0.6 is 11.6 Å². The van der Waals surface area contributed by atoms with Crippen molar-refractivity contribution in [1.29, 1.82) is 0 Å². The first-order chi connectivity index (χ1) is 9.59. The van der Waals surface area contributed by atoms with Crippen molar-refractivity contribution in [3.63, 3.8) is 0 Å². The minimum Gasteiger partial charge on any atom is -0.478 e. The minimum absolute atomic E-state index is 0.0523. The molecule has 1 unspecified atom stereocenters. The Hall–Kier alpha value is -2.07. The molecule has 0 aliphatic rings. The third-order valence-electron chi connectivity index (χ3n) is 3.06. The summed E-state index contributed by atoms with van der Waals surface area (Å²) >= 11 is 6.03. The van der Waals surface area contributed by atoms with Crippen molar-refractivity contribution in [2.45, 2.75) is 12.8 Å². The van der Waals surface area contributed by atoms with Crippen molar-refractivity contribution in [2.24, 2.45) is 0 Å². The first kappa shape index (κ1) is 14.3. The molecule has 1 atom stereocenters. The van der Waals surface area contributed by atoms with E-state index in [0.717, 1.165) is 0 Å². The highest BCUT2D eigenvalue weighted by Crippen LogP contribution is 2.24. The van der Waals surface area contributed by atoms with Gasteiger partial charge in [-0.1, -0.05) is 48.9 Å². The fourth-order valence-corrected chi connectivity index (χ4v) is 2.14. The number of benzene rings is 1. The number of carbonyl (C=O) groups is 1. The molecule has 0 fully saturated rings. The summed E-state index contributed by atoms with van der Waals surface area (Å²) in [6.07, 6.45) is 1.44. The van der Waals surface area contributed by atoms with E-state index in [2.05, 4.69) is 29.4 Å². The summed E-state index contributed by atoms with van der Waals surface area (Å²) in [4.78, 5) is 15.1. The number of nitrogens with zero attached hydrogens (tertiary/aromatic N) is 1. The molecular formula is C15H15ClN2O2. The van der Waals surface area contributed by atoms with Crippen LogP contribution in [0.15, 0.2) is 42.6 Å². The molecule has 2 aromatic rings. The molecule has 1 aromatic carbocycles. The normalized spacial score (nSPS) is 11.9. The quantitative estimate of drug-likeness (QED) is 0.882. The zero-order valence-electron chi connectivity index (χ0n) is 11.0. The molecule has 0 saturated carbocycles. The topological polar surface area (TPSA) is 62.2 Å². The highest BCUT2D eigenvalue weighted by molar-refractivity contribution is 6.35. The van der Waals surface area contributed by atoms with Crippen LogP contribution in [0.2, 0.25) is 5.02 Å². The number of hydrogen-bond donors (Lipinski definition) is 2. The molecular weight excluding hydrogens is 276 g/mol. The van der Waals surface area contributed by atoms with Gasteiger partial charge in [-0.05, 0) is 17.5 Å². The number of carboxylic acid groups (broad SMARTS) is 1. The zero-order chi connectivity index (χ0) is 14.5. The molecule has 0 bridgehead atoms. The summed E-state index contributed by atoms with van der Waals surface area (Å²) in [5.74, 6) is -0.395. The SMILES string of the molecule is CC(CNc1nccc(C(=O)O)c1Cl)c1ccccc1. The monoisotopic (exact) mass is 290 g/mol. The van der Waals surface area contributed by atoms with Gasteiger partial charge in [0.05, 0.1) is 10.6 Å². The molecule has 1 heterocycles. The Kier molecular flexibility index (Phi) is 4.58. The van der Waals surface area contributed by atoms with Gasteiger partial charge in [-0.15, -0.1) is 0 Å². The van der Waals surface area contributed by atoms with Gasteiger partial charge in [0.25, 0.3) is 0 Å². The van der Waals surface area contributed by atoms with Crippen molar-refractivity contribution in [1.82, 2.24) is 4.98 Å². The van der Waals surface area contributed by atoms with Gasteiger partial charge >= 0.3 is 5.97 Å². The summed E-state index contributed by atoms with van der Waals surface area (Å²) in [7, 11) is 0.